The molecule has 2 aromatic rings. The van der Waals surface area contributed by atoms with Gasteiger partial charge in [0.2, 0.25) is 5.91 Å². The summed E-state index contributed by atoms with van der Waals surface area (Å²) >= 11 is 0. The van der Waals surface area contributed by atoms with Crippen molar-refractivity contribution in [1.82, 2.24) is 14.9 Å². The van der Waals surface area contributed by atoms with Crippen molar-refractivity contribution in [2.24, 2.45) is 11.7 Å². The van der Waals surface area contributed by atoms with Gasteiger partial charge in [0.25, 0.3) is 5.91 Å². The molecule has 120 valence electrons. The van der Waals surface area contributed by atoms with E-state index in [1.807, 2.05) is 29.2 Å². The van der Waals surface area contributed by atoms with Crippen LogP contribution >= 0.6 is 0 Å². The van der Waals surface area contributed by atoms with Gasteiger partial charge in [-0.15, -0.1) is 0 Å². The van der Waals surface area contributed by atoms with E-state index in [1.54, 1.807) is 0 Å². The topological polar surface area (TPSA) is 89.2 Å². The van der Waals surface area contributed by atoms with E-state index in [1.165, 1.54) is 6.20 Å². The maximum absolute atomic E-state index is 12.7. The first-order valence-electron chi connectivity index (χ1n) is 7.93. The van der Waals surface area contributed by atoms with Gasteiger partial charge in [-0.2, -0.15) is 0 Å². The number of nitrogens with two attached hydrogens (primary N) is 1. The summed E-state index contributed by atoms with van der Waals surface area (Å²) in [6, 6.07) is 7.50. The second kappa shape index (κ2) is 6.73. The molecule has 0 spiro atoms. The van der Waals surface area contributed by atoms with Gasteiger partial charge in [0.15, 0.2) is 0 Å². The summed E-state index contributed by atoms with van der Waals surface area (Å²) in [6.45, 7) is 1.38. The molecule has 0 radical (unpaired) electrons. The minimum Gasteiger partial charge on any atom is -0.370 e. The SMILES string of the molecule is NC(=O)CCC1CCCN(C(=O)c2cnc3ccccc3n2)C1. The number of carbonyl (C=O) groups excluding carboxylic acids is 2. The van der Waals surface area contributed by atoms with Crippen LogP contribution in [0, 0.1) is 5.92 Å². The number of piperidine rings is 1. The maximum Gasteiger partial charge on any atom is 0.274 e. The number of likely N-dealkylation sites (tertiary alicyclic amines) is 1. The molecule has 1 aliphatic rings. The molecule has 1 fully saturated rings. The van der Waals surface area contributed by atoms with Gasteiger partial charge in [0.05, 0.1) is 17.2 Å². The molecule has 1 aromatic heterocycles. The van der Waals surface area contributed by atoms with E-state index in [2.05, 4.69) is 9.97 Å². The van der Waals surface area contributed by atoms with Gasteiger partial charge in [-0.25, -0.2) is 4.98 Å². The molecule has 1 aromatic carbocycles. The monoisotopic (exact) mass is 312 g/mol. The molecule has 3 rings (SSSR count). The Morgan fingerprint density at radius 1 is 1.26 bits per heavy atom. The fourth-order valence-electron chi connectivity index (χ4n) is 3.05. The van der Waals surface area contributed by atoms with Crippen LogP contribution in [0.2, 0.25) is 0 Å². The zero-order chi connectivity index (χ0) is 16.2. The largest absolute Gasteiger partial charge is 0.370 e. The third-order valence-corrected chi connectivity index (χ3v) is 4.27. The Morgan fingerprint density at radius 2 is 2.04 bits per heavy atom. The highest BCUT2D eigenvalue weighted by Gasteiger charge is 2.25. The highest BCUT2D eigenvalue weighted by Crippen LogP contribution is 2.22. The Kier molecular flexibility index (Phi) is 4.50. The number of amides is 2. The molecule has 0 aliphatic carbocycles. The summed E-state index contributed by atoms with van der Waals surface area (Å²) in [7, 11) is 0. The van der Waals surface area contributed by atoms with Crippen molar-refractivity contribution in [1.29, 1.82) is 0 Å². The van der Waals surface area contributed by atoms with E-state index in [4.69, 9.17) is 5.73 Å². The van der Waals surface area contributed by atoms with Gasteiger partial charge in [0, 0.05) is 19.5 Å². The molecule has 1 unspecified atom stereocenters. The maximum atomic E-state index is 12.7. The average Bonchev–Trinajstić information content (AvgIpc) is 2.59. The molecule has 6 nitrogen and oxygen atoms in total. The van der Waals surface area contributed by atoms with Crippen molar-refractivity contribution < 1.29 is 9.59 Å². The van der Waals surface area contributed by atoms with Crippen LogP contribution in [0.3, 0.4) is 0 Å². The lowest BCUT2D eigenvalue weighted by Crippen LogP contribution is -2.40. The Morgan fingerprint density at radius 3 is 2.83 bits per heavy atom. The van der Waals surface area contributed by atoms with Crippen LogP contribution < -0.4 is 5.73 Å². The molecule has 23 heavy (non-hydrogen) atoms. The van der Waals surface area contributed by atoms with Crippen molar-refractivity contribution in [2.75, 3.05) is 13.1 Å². The number of nitrogens with zero attached hydrogens (tertiary/aromatic N) is 3. The predicted molar refractivity (Wildman–Crippen MR) is 86.6 cm³/mol. The average molecular weight is 312 g/mol. The van der Waals surface area contributed by atoms with E-state index in [0.717, 1.165) is 36.8 Å². The van der Waals surface area contributed by atoms with E-state index in [-0.39, 0.29) is 11.8 Å². The number of primary amides is 1. The second-order valence-electron chi connectivity index (χ2n) is 6.01. The third kappa shape index (κ3) is 3.64. The summed E-state index contributed by atoms with van der Waals surface area (Å²) in [5.74, 6) is -0.0468. The number of fused-ring (bicyclic) bond motifs is 1. The number of para-hydroxylation sites is 2. The zero-order valence-corrected chi connectivity index (χ0v) is 12.9. The van der Waals surface area contributed by atoms with Gasteiger partial charge < -0.3 is 10.6 Å². The van der Waals surface area contributed by atoms with E-state index in [9.17, 15) is 9.59 Å². The molecule has 1 atom stereocenters. The first-order chi connectivity index (χ1) is 11.1. The summed E-state index contributed by atoms with van der Waals surface area (Å²) < 4.78 is 0. The molecule has 2 amide bonds. The molecular formula is C17H20N4O2. The Hall–Kier alpha value is -2.50. The van der Waals surface area contributed by atoms with Gasteiger partial charge in [-0.1, -0.05) is 12.1 Å². The lowest BCUT2D eigenvalue weighted by atomic mass is 9.93. The molecule has 6 heteroatoms. The summed E-state index contributed by atoms with van der Waals surface area (Å²) in [5.41, 5.74) is 7.09. The minimum absolute atomic E-state index is 0.0907. The van der Waals surface area contributed by atoms with Crippen molar-refractivity contribution >= 4 is 22.8 Å². The first-order valence-corrected chi connectivity index (χ1v) is 7.93. The number of hydrogen-bond acceptors (Lipinski definition) is 4. The Labute approximate surface area is 134 Å². The van der Waals surface area contributed by atoms with Crippen molar-refractivity contribution in [3.63, 3.8) is 0 Å². The fourth-order valence-corrected chi connectivity index (χ4v) is 3.05. The van der Waals surface area contributed by atoms with Crippen LogP contribution in [0.15, 0.2) is 30.5 Å². The minimum atomic E-state index is -0.283. The van der Waals surface area contributed by atoms with Crippen LogP contribution in [0.4, 0.5) is 0 Å². The van der Waals surface area contributed by atoms with Crippen molar-refractivity contribution in [3.05, 3.63) is 36.2 Å². The number of aromatic nitrogens is 2. The van der Waals surface area contributed by atoms with Crippen molar-refractivity contribution in [2.45, 2.75) is 25.7 Å². The highest BCUT2D eigenvalue weighted by atomic mass is 16.2. The van der Waals surface area contributed by atoms with Gasteiger partial charge >= 0.3 is 0 Å². The van der Waals surface area contributed by atoms with Gasteiger partial charge in [-0.05, 0) is 37.3 Å². The number of rotatable bonds is 4. The molecule has 0 bridgehead atoms. The molecule has 0 saturated carbocycles. The van der Waals surface area contributed by atoms with Crippen molar-refractivity contribution in [3.8, 4) is 0 Å². The van der Waals surface area contributed by atoms with Crippen LogP contribution in [0.1, 0.15) is 36.2 Å². The van der Waals surface area contributed by atoms with Gasteiger partial charge in [0.1, 0.15) is 5.69 Å². The second-order valence-corrected chi connectivity index (χ2v) is 6.01. The Bertz CT molecular complexity index is 731. The Balaban J connectivity index is 1.71. The summed E-state index contributed by atoms with van der Waals surface area (Å²) in [4.78, 5) is 34.1. The fraction of sp³-hybridized carbons (Fsp3) is 0.412. The number of carbonyl (C=O) groups is 2. The third-order valence-electron chi connectivity index (χ3n) is 4.27. The zero-order valence-electron chi connectivity index (χ0n) is 12.9. The lowest BCUT2D eigenvalue weighted by Gasteiger charge is -2.32. The molecular weight excluding hydrogens is 292 g/mol. The normalized spacial score (nSPS) is 18.1. The highest BCUT2D eigenvalue weighted by molar-refractivity contribution is 5.93. The smallest absolute Gasteiger partial charge is 0.274 e. The number of hydrogen-bond donors (Lipinski definition) is 1. The quantitative estimate of drug-likeness (QED) is 0.931. The van der Waals surface area contributed by atoms with Gasteiger partial charge in [-0.3, -0.25) is 14.6 Å². The van der Waals surface area contributed by atoms with Crippen LogP contribution in [0.5, 0.6) is 0 Å². The van der Waals surface area contributed by atoms with Crippen LogP contribution in [-0.4, -0.2) is 39.8 Å². The van der Waals surface area contributed by atoms with Crippen LogP contribution in [0.25, 0.3) is 11.0 Å². The summed E-state index contributed by atoms with van der Waals surface area (Å²) in [5, 5.41) is 0. The summed E-state index contributed by atoms with van der Waals surface area (Å²) in [6.07, 6.45) is 4.62. The number of benzene rings is 1. The predicted octanol–water partition coefficient (Wildman–Crippen LogP) is 1.75. The first kappa shape index (κ1) is 15.4. The molecule has 2 N–H and O–H groups in total. The van der Waals surface area contributed by atoms with E-state index < -0.39 is 0 Å². The standard InChI is InChI=1S/C17H20N4O2/c18-16(22)8-7-12-4-3-9-21(11-12)17(23)15-10-19-13-5-1-2-6-14(13)20-15/h1-2,5-6,10,12H,3-4,7-9,11H2,(H2,18,22). The van der Waals surface area contributed by atoms with E-state index >= 15 is 0 Å². The van der Waals surface area contributed by atoms with E-state index in [0.29, 0.717) is 24.6 Å². The molecule has 1 saturated heterocycles. The molecule has 2 heterocycles. The molecule has 1 aliphatic heterocycles. The van der Waals surface area contributed by atoms with Crippen LogP contribution in [-0.2, 0) is 4.79 Å². The lowest BCUT2D eigenvalue weighted by molar-refractivity contribution is -0.118.